The van der Waals surface area contributed by atoms with E-state index in [0.29, 0.717) is 11.6 Å². The van der Waals surface area contributed by atoms with Gasteiger partial charge in [0.15, 0.2) is 0 Å². The summed E-state index contributed by atoms with van der Waals surface area (Å²) in [6, 6.07) is 4.33. The Morgan fingerprint density at radius 3 is 2.93 bits per heavy atom. The van der Waals surface area contributed by atoms with Gasteiger partial charge in [0.2, 0.25) is 0 Å². The van der Waals surface area contributed by atoms with Crippen molar-refractivity contribution < 1.29 is 0 Å². The molecule has 0 radical (unpaired) electrons. The van der Waals surface area contributed by atoms with Crippen LogP contribution in [0.2, 0.25) is 0 Å². The molecular weight excluding hydrogens is 190 g/mol. The number of fused-ring (bicyclic) bond motifs is 1. The first-order valence-electron chi connectivity index (χ1n) is 5.09. The van der Waals surface area contributed by atoms with Crippen molar-refractivity contribution in [2.24, 2.45) is 0 Å². The van der Waals surface area contributed by atoms with Gasteiger partial charge in [-0.25, -0.2) is 0 Å². The topological polar surface area (TPSA) is 60.7 Å². The maximum absolute atomic E-state index is 11.4. The predicted molar refractivity (Wildman–Crippen MR) is 60.9 cm³/mol. The van der Waals surface area contributed by atoms with Crippen LogP contribution in [-0.2, 0) is 6.54 Å². The molecule has 0 aromatic carbocycles. The Balaban J connectivity index is 2.31. The lowest BCUT2D eigenvalue weighted by Gasteiger charge is -2.05. The molecule has 3 N–H and O–H groups in total. The van der Waals surface area contributed by atoms with Gasteiger partial charge in [-0.2, -0.15) is 0 Å². The molecule has 2 heterocycles. The molecule has 0 fully saturated rings. The lowest BCUT2D eigenvalue weighted by atomic mass is 10.3. The minimum absolute atomic E-state index is 0.0664. The van der Waals surface area contributed by atoms with Crippen LogP contribution in [0.3, 0.4) is 0 Å². The Morgan fingerprint density at radius 2 is 2.27 bits per heavy atom. The highest BCUT2D eigenvalue weighted by atomic mass is 16.1. The van der Waals surface area contributed by atoms with Gasteiger partial charge in [-0.1, -0.05) is 13.8 Å². The zero-order valence-corrected chi connectivity index (χ0v) is 8.92. The fraction of sp³-hybridized carbons (Fsp3) is 0.364. The second-order valence-electron chi connectivity index (χ2n) is 3.97. The van der Waals surface area contributed by atoms with Crippen molar-refractivity contribution in [3.63, 3.8) is 0 Å². The number of rotatable bonds is 3. The first kappa shape index (κ1) is 9.98. The molecule has 15 heavy (non-hydrogen) atoms. The Kier molecular flexibility index (Phi) is 2.60. The van der Waals surface area contributed by atoms with Gasteiger partial charge < -0.3 is 15.3 Å². The van der Waals surface area contributed by atoms with Gasteiger partial charge in [-0.3, -0.25) is 4.79 Å². The third-order valence-corrected chi connectivity index (χ3v) is 2.31. The minimum Gasteiger partial charge on any atom is -0.353 e. The maximum Gasteiger partial charge on any atom is 0.272 e. The molecule has 2 aromatic heterocycles. The van der Waals surface area contributed by atoms with Crippen molar-refractivity contribution >= 4 is 10.9 Å². The summed E-state index contributed by atoms with van der Waals surface area (Å²) in [5, 5.41) is 4.26. The van der Waals surface area contributed by atoms with Crippen LogP contribution in [-0.4, -0.2) is 16.0 Å². The van der Waals surface area contributed by atoms with E-state index in [0.717, 1.165) is 17.6 Å². The minimum atomic E-state index is -0.0664. The van der Waals surface area contributed by atoms with E-state index in [-0.39, 0.29) is 5.56 Å². The molecule has 0 spiro atoms. The smallest absolute Gasteiger partial charge is 0.272 e. The summed E-state index contributed by atoms with van der Waals surface area (Å²) < 4.78 is 0. The van der Waals surface area contributed by atoms with E-state index < -0.39 is 0 Å². The van der Waals surface area contributed by atoms with E-state index in [4.69, 9.17) is 0 Å². The number of nitrogens with one attached hydrogen (secondary N) is 3. The Bertz CT molecular complexity index is 510. The third-order valence-electron chi connectivity index (χ3n) is 2.31. The van der Waals surface area contributed by atoms with Gasteiger partial charge >= 0.3 is 0 Å². The summed E-state index contributed by atoms with van der Waals surface area (Å²) >= 11 is 0. The fourth-order valence-corrected chi connectivity index (χ4v) is 1.54. The van der Waals surface area contributed by atoms with Crippen LogP contribution >= 0.6 is 0 Å². The molecule has 0 saturated heterocycles. The zero-order valence-electron chi connectivity index (χ0n) is 8.92. The van der Waals surface area contributed by atoms with E-state index in [1.165, 1.54) is 0 Å². The van der Waals surface area contributed by atoms with Gasteiger partial charge in [0, 0.05) is 29.9 Å². The molecule has 2 aromatic rings. The molecule has 4 nitrogen and oxygen atoms in total. The third kappa shape index (κ3) is 2.10. The van der Waals surface area contributed by atoms with Gasteiger partial charge in [0.25, 0.3) is 5.56 Å². The highest BCUT2D eigenvalue weighted by Crippen LogP contribution is 2.10. The summed E-state index contributed by atoms with van der Waals surface area (Å²) in [4.78, 5) is 17.2. The quantitative estimate of drug-likeness (QED) is 0.708. The Morgan fingerprint density at radius 1 is 1.47 bits per heavy atom. The molecule has 2 rings (SSSR count). The number of hydrogen-bond acceptors (Lipinski definition) is 2. The van der Waals surface area contributed by atoms with Crippen LogP contribution < -0.4 is 10.9 Å². The van der Waals surface area contributed by atoms with Crippen LogP contribution in [0.15, 0.2) is 23.1 Å². The second kappa shape index (κ2) is 3.90. The molecular formula is C11H15N3O. The van der Waals surface area contributed by atoms with Crippen LogP contribution in [0.5, 0.6) is 0 Å². The summed E-state index contributed by atoms with van der Waals surface area (Å²) in [5.74, 6) is 0. The summed E-state index contributed by atoms with van der Waals surface area (Å²) in [7, 11) is 0. The number of pyridine rings is 1. The molecule has 0 saturated carbocycles. The molecule has 0 amide bonds. The predicted octanol–water partition coefficient (Wildman–Crippen LogP) is 1.35. The second-order valence-corrected chi connectivity index (χ2v) is 3.97. The van der Waals surface area contributed by atoms with Crippen LogP contribution in [0, 0.1) is 0 Å². The molecule has 80 valence electrons. The monoisotopic (exact) mass is 205 g/mol. The summed E-state index contributed by atoms with van der Waals surface area (Å²) in [6.45, 7) is 4.94. The zero-order chi connectivity index (χ0) is 10.8. The summed E-state index contributed by atoms with van der Waals surface area (Å²) in [5.41, 5.74) is 1.62. The van der Waals surface area contributed by atoms with Crippen LogP contribution in [0.25, 0.3) is 10.9 Å². The first-order valence-corrected chi connectivity index (χ1v) is 5.09. The number of aromatic amines is 2. The van der Waals surface area contributed by atoms with E-state index in [9.17, 15) is 4.79 Å². The van der Waals surface area contributed by atoms with Crippen molar-refractivity contribution in [3.05, 3.63) is 34.4 Å². The molecule has 0 aliphatic carbocycles. The lowest BCUT2D eigenvalue weighted by molar-refractivity contribution is 0.583. The average molecular weight is 205 g/mol. The van der Waals surface area contributed by atoms with Gasteiger partial charge in [0.1, 0.15) is 5.52 Å². The molecule has 0 aliphatic heterocycles. The Labute approximate surface area is 87.7 Å². The molecule has 4 heteroatoms. The van der Waals surface area contributed by atoms with Crippen molar-refractivity contribution in [1.82, 2.24) is 15.3 Å². The number of hydrogen-bond donors (Lipinski definition) is 3. The van der Waals surface area contributed by atoms with Crippen LogP contribution in [0.1, 0.15) is 19.5 Å². The largest absolute Gasteiger partial charge is 0.353 e. The van der Waals surface area contributed by atoms with Gasteiger partial charge in [0.05, 0.1) is 0 Å². The fourth-order valence-electron chi connectivity index (χ4n) is 1.54. The van der Waals surface area contributed by atoms with Crippen molar-refractivity contribution in [1.29, 1.82) is 0 Å². The summed E-state index contributed by atoms with van der Waals surface area (Å²) in [6.07, 6.45) is 1.66. The SMILES string of the molecule is CC(C)NCc1cc2cc[nH]c(=O)c2[nH]1. The van der Waals surface area contributed by atoms with Gasteiger partial charge in [-0.05, 0) is 12.1 Å². The van der Waals surface area contributed by atoms with E-state index >= 15 is 0 Å². The molecule has 0 aliphatic rings. The van der Waals surface area contributed by atoms with Crippen molar-refractivity contribution in [2.75, 3.05) is 0 Å². The van der Waals surface area contributed by atoms with Gasteiger partial charge in [-0.15, -0.1) is 0 Å². The maximum atomic E-state index is 11.4. The van der Waals surface area contributed by atoms with E-state index in [1.807, 2.05) is 12.1 Å². The van der Waals surface area contributed by atoms with Crippen LogP contribution in [0.4, 0.5) is 0 Å². The van der Waals surface area contributed by atoms with Crippen molar-refractivity contribution in [2.45, 2.75) is 26.4 Å². The Hall–Kier alpha value is -1.55. The van der Waals surface area contributed by atoms with Crippen molar-refractivity contribution in [3.8, 4) is 0 Å². The first-order chi connectivity index (χ1) is 7.16. The molecule has 0 bridgehead atoms. The molecule has 0 unspecified atom stereocenters. The van der Waals surface area contributed by atoms with E-state index in [1.54, 1.807) is 6.20 Å². The average Bonchev–Trinajstić information content (AvgIpc) is 2.59. The lowest BCUT2D eigenvalue weighted by Crippen LogP contribution is -2.21. The molecule has 0 atom stereocenters. The highest BCUT2D eigenvalue weighted by molar-refractivity contribution is 5.78. The standard InChI is InChI=1S/C11H15N3O/c1-7(2)13-6-9-5-8-3-4-12-11(15)10(8)14-9/h3-5,7,13-14H,6H2,1-2H3,(H,12,15). The number of aromatic nitrogens is 2. The normalized spacial score (nSPS) is 11.4. The number of H-pyrrole nitrogens is 2. The highest BCUT2D eigenvalue weighted by Gasteiger charge is 2.03. The van der Waals surface area contributed by atoms with E-state index in [2.05, 4.69) is 29.1 Å².